The van der Waals surface area contributed by atoms with Crippen LogP contribution >= 0.6 is 11.8 Å². The Morgan fingerprint density at radius 1 is 1.27 bits per heavy atom. The van der Waals surface area contributed by atoms with Crippen LogP contribution in [0.25, 0.3) is 0 Å². The second-order valence-electron chi connectivity index (χ2n) is 4.92. The summed E-state index contributed by atoms with van der Waals surface area (Å²) in [5.74, 6) is 0.297. The van der Waals surface area contributed by atoms with Gasteiger partial charge in [0.25, 0.3) is 0 Å². The van der Waals surface area contributed by atoms with Crippen LogP contribution in [0.5, 0.6) is 0 Å². The Morgan fingerprint density at radius 2 is 1.93 bits per heavy atom. The first kappa shape index (κ1) is 10.7. The van der Waals surface area contributed by atoms with Gasteiger partial charge >= 0.3 is 0 Å². The highest BCUT2D eigenvalue weighted by Crippen LogP contribution is 2.43. The first-order valence-corrected chi connectivity index (χ1v) is 6.04. The molecule has 0 aliphatic carbocycles. The second-order valence-corrected chi connectivity index (χ2v) is 6.67. The predicted molar refractivity (Wildman–Crippen MR) is 64.8 cm³/mol. The number of fused-ring (bicyclic) bond motifs is 1. The topological polar surface area (TPSA) is 17.1 Å². The first-order valence-electron chi connectivity index (χ1n) is 5.22. The molecule has 1 aliphatic rings. The maximum Gasteiger partial charge on any atom is 0.165 e. The van der Waals surface area contributed by atoms with Crippen molar-refractivity contribution in [3.05, 3.63) is 28.8 Å². The fourth-order valence-electron chi connectivity index (χ4n) is 2.18. The molecule has 0 N–H and O–H groups in total. The van der Waals surface area contributed by atoms with E-state index in [1.54, 1.807) is 0 Å². The smallest absolute Gasteiger partial charge is 0.165 e. The Kier molecular flexibility index (Phi) is 2.42. The molecule has 0 aromatic heterocycles. The zero-order chi connectivity index (χ0) is 11.2. The largest absolute Gasteiger partial charge is 0.294 e. The van der Waals surface area contributed by atoms with Gasteiger partial charge in [-0.2, -0.15) is 0 Å². The third-order valence-electron chi connectivity index (χ3n) is 2.70. The minimum absolute atomic E-state index is 0.0459. The van der Waals surface area contributed by atoms with Crippen LogP contribution in [0.4, 0.5) is 0 Å². The summed E-state index contributed by atoms with van der Waals surface area (Å²) in [4.78, 5) is 13.2. The number of hydrogen-bond acceptors (Lipinski definition) is 2. The second kappa shape index (κ2) is 3.38. The standard InChI is InChI=1S/C13H16OS/c1-8-5-9(2)12-10(14)7-13(3,4)15-11(12)6-8/h5-6H,7H2,1-4H3. The third kappa shape index (κ3) is 1.96. The predicted octanol–water partition coefficient (Wildman–Crippen LogP) is 3.76. The lowest BCUT2D eigenvalue weighted by Crippen LogP contribution is -2.26. The van der Waals surface area contributed by atoms with Crippen molar-refractivity contribution in [3.63, 3.8) is 0 Å². The van der Waals surface area contributed by atoms with E-state index in [1.165, 1.54) is 5.56 Å². The molecule has 1 aliphatic heterocycles. The van der Waals surface area contributed by atoms with E-state index < -0.39 is 0 Å². The van der Waals surface area contributed by atoms with E-state index in [9.17, 15) is 4.79 Å². The molecule has 1 heterocycles. The monoisotopic (exact) mass is 220 g/mol. The van der Waals surface area contributed by atoms with Crippen molar-refractivity contribution in [3.8, 4) is 0 Å². The van der Waals surface area contributed by atoms with Crippen LogP contribution in [-0.4, -0.2) is 10.5 Å². The number of aryl methyl sites for hydroxylation is 2. The molecule has 80 valence electrons. The molecule has 1 nitrogen and oxygen atoms in total. The fraction of sp³-hybridized carbons (Fsp3) is 0.462. The number of Topliss-reactive ketones (excluding diaryl/α,β-unsaturated/α-hetero) is 1. The number of thioether (sulfide) groups is 1. The maximum atomic E-state index is 12.0. The van der Waals surface area contributed by atoms with Crippen LogP contribution in [0.2, 0.25) is 0 Å². The lowest BCUT2D eigenvalue weighted by Gasteiger charge is -2.30. The van der Waals surface area contributed by atoms with Crippen molar-refractivity contribution < 1.29 is 4.79 Å². The minimum atomic E-state index is 0.0459. The molecule has 0 unspecified atom stereocenters. The van der Waals surface area contributed by atoms with Crippen LogP contribution in [0.3, 0.4) is 0 Å². The molecule has 0 spiro atoms. The van der Waals surface area contributed by atoms with E-state index in [0.717, 1.165) is 16.0 Å². The van der Waals surface area contributed by atoms with Crippen molar-refractivity contribution in [2.24, 2.45) is 0 Å². The van der Waals surface area contributed by atoms with Gasteiger partial charge in [-0.15, -0.1) is 11.8 Å². The van der Waals surface area contributed by atoms with Gasteiger partial charge in [-0.3, -0.25) is 4.79 Å². The molecule has 2 heteroatoms. The van der Waals surface area contributed by atoms with Crippen LogP contribution in [-0.2, 0) is 0 Å². The van der Waals surface area contributed by atoms with E-state index in [4.69, 9.17) is 0 Å². The Hall–Kier alpha value is -0.760. The van der Waals surface area contributed by atoms with Crippen molar-refractivity contribution >= 4 is 17.5 Å². The lowest BCUT2D eigenvalue weighted by molar-refractivity contribution is 0.0967. The Balaban J connectivity index is 2.60. The summed E-state index contributed by atoms with van der Waals surface area (Å²) in [7, 11) is 0. The van der Waals surface area contributed by atoms with Crippen molar-refractivity contribution in [2.45, 2.75) is 43.8 Å². The molecule has 0 saturated heterocycles. The Labute approximate surface area is 95.3 Å². The third-order valence-corrected chi connectivity index (χ3v) is 3.93. The van der Waals surface area contributed by atoms with Crippen LogP contribution in [0.15, 0.2) is 17.0 Å². The molecule has 0 radical (unpaired) electrons. The number of rotatable bonds is 0. The molecule has 0 saturated carbocycles. The molecule has 2 rings (SSSR count). The number of hydrogen-bond donors (Lipinski definition) is 0. The number of benzene rings is 1. The van der Waals surface area contributed by atoms with Gasteiger partial charge in [0.2, 0.25) is 0 Å². The van der Waals surface area contributed by atoms with E-state index in [1.807, 2.05) is 18.7 Å². The molecule has 15 heavy (non-hydrogen) atoms. The van der Waals surface area contributed by atoms with Gasteiger partial charge in [-0.1, -0.05) is 6.07 Å². The normalized spacial score (nSPS) is 18.8. The molecule has 0 bridgehead atoms. The van der Waals surface area contributed by atoms with Gasteiger partial charge in [0.15, 0.2) is 5.78 Å². The van der Waals surface area contributed by atoms with Gasteiger partial charge in [0, 0.05) is 21.6 Å². The highest BCUT2D eigenvalue weighted by Gasteiger charge is 2.32. The van der Waals surface area contributed by atoms with E-state index in [2.05, 4.69) is 32.9 Å². The van der Waals surface area contributed by atoms with Gasteiger partial charge in [-0.25, -0.2) is 0 Å². The fourth-order valence-corrected chi connectivity index (χ4v) is 3.60. The molecule has 0 amide bonds. The average molecular weight is 220 g/mol. The highest BCUT2D eigenvalue weighted by molar-refractivity contribution is 8.00. The number of carbonyl (C=O) groups is 1. The van der Waals surface area contributed by atoms with Crippen LogP contribution < -0.4 is 0 Å². The summed E-state index contributed by atoms with van der Waals surface area (Å²) in [6.07, 6.45) is 0.647. The summed E-state index contributed by atoms with van der Waals surface area (Å²) >= 11 is 1.83. The van der Waals surface area contributed by atoms with Gasteiger partial charge in [0.05, 0.1) is 0 Å². The van der Waals surface area contributed by atoms with E-state index in [0.29, 0.717) is 12.2 Å². The number of ketones is 1. The van der Waals surface area contributed by atoms with Gasteiger partial charge < -0.3 is 0 Å². The minimum Gasteiger partial charge on any atom is -0.294 e. The average Bonchev–Trinajstić information content (AvgIpc) is 1.97. The van der Waals surface area contributed by atoms with Gasteiger partial charge in [0.1, 0.15) is 0 Å². The highest BCUT2D eigenvalue weighted by atomic mass is 32.2. The summed E-state index contributed by atoms with van der Waals surface area (Å²) in [6, 6.07) is 4.22. The maximum absolute atomic E-state index is 12.0. The van der Waals surface area contributed by atoms with Crippen LogP contribution in [0.1, 0.15) is 41.8 Å². The molecular formula is C13H16OS. The molecule has 1 aromatic carbocycles. The molecular weight excluding hydrogens is 204 g/mol. The molecule has 0 fully saturated rings. The van der Waals surface area contributed by atoms with E-state index >= 15 is 0 Å². The van der Waals surface area contributed by atoms with Crippen molar-refractivity contribution in [2.75, 3.05) is 0 Å². The first-order chi connectivity index (χ1) is 6.89. The zero-order valence-electron chi connectivity index (χ0n) is 9.68. The van der Waals surface area contributed by atoms with Gasteiger partial charge in [-0.05, 0) is 44.9 Å². The quantitative estimate of drug-likeness (QED) is 0.662. The summed E-state index contributed by atoms with van der Waals surface area (Å²) in [5, 5.41) is 0. The Morgan fingerprint density at radius 3 is 2.60 bits per heavy atom. The summed E-state index contributed by atoms with van der Waals surface area (Å²) < 4.78 is 0.0459. The van der Waals surface area contributed by atoms with Crippen LogP contribution in [0, 0.1) is 13.8 Å². The lowest BCUT2D eigenvalue weighted by atomic mass is 9.95. The number of carbonyl (C=O) groups excluding carboxylic acids is 1. The van der Waals surface area contributed by atoms with E-state index in [-0.39, 0.29) is 4.75 Å². The van der Waals surface area contributed by atoms with Crippen molar-refractivity contribution in [1.82, 2.24) is 0 Å². The SMILES string of the molecule is Cc1cc(C)c2c(c1)SC(C)(C)CC2=O. The summed E-state index contributed by atoms with van der Waals surface area (Å²) in [5.41, 5.74) is 3.31. The zero-order valence-corrected chi connectivity index (χ0v) is 10.5. The molecule has 0 atom stereocenters. The molecule has 1 aromatic rings. The van der Waals surface area contributed by atoms with Crippen molar-refractivity contribution in [1.29, 1.82) is 0 Å². The summed E-state index contributed by atoms with van der Waals surface area (Å²) in [6.45, 7) is 8.38. The Bertz CT molecular complexity index is 432.